The van der Waals surface area contributed by atoms with Crippen molar-refractivity contribution in [3.8, 4) is 5.75 Å². The molecule has 0 bridgehead atoms. The SMILES string of the molecule is CSC1CCC(NCc2ccc3c(c2)CC(C)(C)O3)CC1. The van der Waals surface area contributed by atoms with Crippen LogP contribution in [0.3, 0.4) is 0 Å². The first-order valence-electron chi connectivity index (χ1n) is 8.13. The van der Waals surface area contributed by atoms with E-state index in [1.54, 1.807) is 0 Å². The minimum Gasteiger partial charge on any atom is -0.487 e. The molecule has 0 unspecified atom stereocenters. The lowest BCUT2D eigenvalue weighted by Gasteiger charge is -2.28. The first kappa shape index (κ1) is 15.2. The van der Waals surface area contributed by atoms with Crippen molar-refractivity contribution in [1.29, 1.82) is 0 Å². The number of hydrogen-bond acceptors (Lipinski definition) is 3. The third-order valence-electron chi connectivity index (χ3n) is 4.73. The molecule has 21 heavy (non-hydrogen) atoms. The fourth-order valence-electron chi connectivity index (χ4n) is 3.54. The molecule has 116 valence electrons. The van der Waals surface area contributed by atoms with Crippen LogP contribution in [0.2, 0.25) is 0 Å². The summed E-state index contributed by atoms with van der Waals surface area (Å²) in [7, 11) is 0. The molecule has 1 saturated carbocycles. The van der Waals surface area contributed by atoms with Crippen LogP contribution in [0.5, 0.6) is 5.75 Å². The number of benzene rings is 1. The summed E-state index contributed by atoms with van der Waals surface area (Å²) in [4.78, 5) is 0. The molecule has 0 spiro atoms. The topological polar surface area (TPSA) is 21.3 Å². The highest BCUT2D eigenvalue weighted by Crippen LogP contribution is 2.35. The van der Waals surface area contributed by atoms with Crippen LogP contribution < -0.4 is 10.1 Å². The smallest absolute Gasteiger partial charge is 0.123 e. The normalized spacial score (nSPS) is 27.2. The van der Waals surface area contributed by atoms with Crippen molar-refractivity contribution in [3.05, 3.63) is 29.3 Å². The molecule has 2 nitrogen and oxygen atoms in total. The maximum atomic E-state index is 5.95. The quantitative estimate of drug-likeness (QED) is 0.902. The molecule has 1 aliphatic heterocycles. The molecule has 1 heterocycles. The molecule has 0 radical (unpaired) electrons. The second kappa shape index (κ2) is 6.21. The zero-order valence-corrected chi connectivity index (χ0v) is 14.3. The number of rotatable bonds is 4. The van der Waals surface area contributed by atoms with Gasteiger partial charge in [0.2, 0.25) is 0 Å². The van der Waals surface area contributed by atoms with E-state index in [-0.39, 0.29) is 5.60 Å². The predicted molar refractivity (Wildman–Crippen MR) is 91.3 cm³/mol. The third kappa shape index (κ3) is 3.75. The fraction of sp³-hybridized carbons (Fsp3) is 0.667. The minimum absolute atomic E-state index is 0.0371. The van der Waals surface area contributed by atoms with Crippen molar-refractivity contribution in [3.63, 3.8) is 0 Å². The van der Waals surface area contributed by atoms with Gasteiger partial charge in [0, 0.05) is 24.3 Å². The summed E-state index contributed by atoms with van der Waals surface area (Å²) in [5.41, 5.74) is 2.72. The number of nitrogens with one attached hydrogen (secondary N) is 1. The molecular weight excluding hydrogens is 278 g/mol. The van der Waals surface area contributed by atoms with Crippen LogP contribution >= 0.6 is 11.8 Å². The molecule has 1 fully saturated rings. The van der Waals surface area contributed by atoms with Gasteiger partial charge in [0.25, 0.3) is 0 Å². The summed E-state index contributed by atoms with van der Waals surface area (Å²) >= 11 is 2.03. The van der Waals surface area contributed by atoms with E-state index in [1.165, 1.54) is 36.8 Å². The van der Waals surface area contributed by atoms with E-state index in [0.29, 0.717) is 6.04 Å². The Morgan fingerprint density at radius 2 is 2.00 bits per heavy atom. The van der Waals surface area contributed by atoms with Crippen molar-refractivity contribution in [2.45, 2.75) is 69.4 Å². The first-order valence-corrected chi connectivity index (χ1v) is 9.41. The maximum absolute atomic E-state index is 5.95. The molecule has 1 aromatic rings. The van der Waals surface area contributed by atoms with Crippen LogP contribution in [0.15, 0.2) is 18.2 Å². The molecule has 3 rings (SSSR count). The fourth-order valence-corrected chi connectivity index (χ4v) is 4.28. The van der Waals surface area contributed by atoms with E-state index in [2.05, 4.69) is 43.6 Å². The highest BCUT2D eigenvalue weighted by Gasteiger charge is 2.29. The summed E-state index contributed by atoms with van der Waals surface area (Å²) in [5.74, 6) is 1.07. The van der Waals surface area contributed by atoms with E-state index < -0.39 is 0 Å². The molecule has 1 aliphatic carbocycles. The van der Waals surface area contributed by atoms with Gasteiger partial charge >= 0.3 is 0 Å². The molecule has 1 N–H and O–H groups in total. The largest absolute Gasteiger partial charge is 0.487 e. The summed E-state index contributed by atoms with van der Waals surface area (Å²) in [5, 5.41) is 4.64. The number of ether oxygens (including phenoxy) is 1. The van der Waals surface area contributed by atoms with Gasteiger partial charge in [-0.15, -0.1) is 0 Å². The summed E-state index contributed by atoms with van der Waals surface area (Å²) in [6.45, 7) is 5.31. The van der Waals surface area contributed by atoms with Crippen LogP contribution in [0, 0.1) is 0 Å². The van der Waals surface area contributed by atoms with E-state index in [0.717, 1.165) is 24.0 Å². The molecule has 0 saturated heterocycles. The Bertz CT molecular complexity index is 492. The Morgan fingerprint density at radius 3 is 2.71 bits per heavy atom. The summed E-state index contributed by atoms with van der Waals surface area (Å²) < 4.78 is 5.95. The van der Waals surface area contributed by atoms with Gasteiger partial charge in [-0.2, -0.15) is 11.8 Å². The van der Waals surface area contributed by atoms with Crippen LogP contribution in [0.4, 0.5) is 0 Å². The van der Waals surface area contributed by atoms with Crippen LogP contribution in [-0.4, -0.2) is 23.1 Å². The zero-order chi connectivity index (χ0) is 14.9. The average Bonchev–Trinajstić information content (AvgIpc) is 2.78. The van der Waals surface area contributed by atoms with Gasteiger partial charge in [-0.05, 0) is 63.0 Å². The second-order valence-corrected chi connectivity index (χ2v) is 8.21. The summed E-state index contributed by atoms with van der Waals surface area (Å²) in [6.07, 6.45) is 8.65. The van der Waals surface area contributed by atoms with Gasteiger partial charge in [-0.25, -0.2) is 0 Å². The number of hydrogen-bond donors (Lipinski definition) is 1. The average molecular weight is 305 g/mol. The standard InChI is InChI=1S/C18H27NOS/c1-18(2)11-14-10-13(4-9-17(14)20-18)12-19-15-5-7-16(21-3)8-6-15/h4,9-10,15-16,19H,5-8,11-12H2,1-3H3. The van der Waals surface area contributed by atoms with Gasteiger partial charge < -0.3 is 10.1 Å². The number of fused-ring (bicyclic) bond motifs is 1. The summed E-state index contributed by atoms with van der Waals surface area (Å²) in [6, 6.07) is 7.38. The van der Waals surface area contributed by atoms with E-state index in [1.807, 2.05) is 11.8 Å². The monoisotopic (exact) mass is 305 g/mol. The predicted octanol–water partition coefficient (Wildman–Crippen LogP) is 4.16. The van der Waals surface area contributed by atoms with Crippen molar-refractivity contribution in [1.82, 2.24) is 5.32 Å². The molecule has 0 amide bonds. The molecule has 2 aliphatic rings. The third-order valence-corrected chi connectivity index (χ3v) is 5.87. The zero-order valence-electron chi connectivity index (χ0n) is 13.4. The number of thioether (sulfide) groups is 1. The van der Waals surface area contributed by atoms with Crippen molar-refractivity contribution in [2.24, 2.45) is 0 Å². The van der Waals surface area contributed by atoms with Gasteiger partial charge in [-0.1, -0.05) is 12.1 Å². The first-order chi connectivity index (χ1) is 10.1. The van der Waals surface area contributed by atoms with E-state index in [4.69, 9.17) is 4.74 Å². The van der Waals surface area contributed by atoms with Gasteiger partial charge in [-0.3, -0.25) is 0 Å². The van der Waals surface area contributed by atoms with Gasteiger partial charge in [0.1, 0.15) is 11.4 Å². The van der Waals surface area contributed by atoms with Crippen LogP contribution in [0.25, 0.3) is 0 Å². The Hall–Kier alpha value is -0.670. The minimum atomic E-state index is -0.0371. The van der Waals surface area contributed by atoms with Crippen molar-refractivity contribution in [2.75, 3.05) is 6.26 Å². The van der Waals surface area contributed by atoms with Crippen molar-refractivity contribution >= 4 is 11.8 Å². The van der Waals surface area contributed by atoms with Crippen LogP contribution in [-0.2, 0) is 13.0 Å². The molecule has 0 aromatic heterocycles. The lowest BCUT2D eigenvalue weighted by molar-refractivity contribution is 0.138. The van der Waals surface area contributed by atoms with Gasteiger partial charge in [0.15, 0.2) is 0 Å². The van der Waals surface area contributed by atoms with E-state index >= 15 is 0 Å². The Balaban J connectivity index is 1.53. The Labute approximate surface area is 133 Å². The lowest BCUT2D eigenvalue weighted by atomic mass is 9.94. The maximum Gasteiger partial charge on any atom is 0.123 e. The highest BCUT2D eigenvalue weighted by molar-refractivity contribution is 7.99. The van der Waals surface area contributed by atoms with Gasteiger partial charge in [0.05, 0.1) is 0 Å². The molecular formula is C18H27NOS. The van der Waals surface area contributed by atoms with Crippen LogP contribution in [0.1, 0.15) is 50.7 Å². The molecule has 1 aromatic carbocycles. The Kier molecular flexibility index (Phi) is 4.51. The highest BCUT2D eigenvalue weighted by atomic mass is 32.2. The van der Waals surface area contributed by atoms with Crippen molar-refractivity contribution < 1.29 is 4.74 Å². The molecule has 0 atom stereocenters. The second-order valence-electron chi connectivity index (χ2n) is 7.07. The van der Waals surface area contributed by atoms with E-state index in [9.17, 15) is 0 Å². The Morgan fingerprint density at radius 1 is 1.24 bits per heavy atom. The lowest BCUT2D eigenvalue weighted by Crippen LogP contribution is -2.33. The molecule has 3 heteroatoms.